The number of hydrogen-bond acceptors (Lipinski definition) is 3. The fourth-order valence-corrected chi connectivity index (χ4v) is 3.99. The molecular formula is C25H22N2OS. The van der Waals surface area contributed by atoms with Gasteiger partial charge in [0.2, 0.25) is 5.91 Å². The van der Waals surface area contributed by atoms with Crippen molar-refractivity contribution in [2.24, 2.45) is 0 Å². The van der Waals surface area contributed by atoms with Crippen molar-refractivity contribution in [1.29, 1.82) is 0 Å². The standard InChI is InChI=1S/C25H22N2OS/c1-19-12-14-21(15-13-19)25-26-22(18-29-25)16-24(28)27(23-10-6-3-7-11-23)17-20-8-4-2-5-9-20/h2-15,18H,16-17H2,1H3. The molecule has 0 unspecified atom stereocenters. The Morgan fingerprint density at radius 1 is 0.897 bits per heavy atom. The second kappa shape index (κ2) is 8.84. The zero-order valence-electron chi connectivity index (χ0n) is 16.3. The van der Waals surface area contributed by atoms with Gasteiger partial charge in [-0.2, -0.15) is 0 Å². The minimum Gasteiger partial charge on any atom is -0.308 e. The first-order valence-corrected chi connectivity index (χ1v) is 10.5. The van der Waals surface area contributed by atoms with Gasteiger partial charge in [-0.3, -0.25) is 4.79 Å². The molecule has 4 heteroatoms. The van der Waals surface area contributed by atoms with E-state index in [4.69, 9.17) is 4.98 Å². The molecule has 1 amide bonds. The number of aromatic nitrogens is 1. The molecule has 0 aliphatic carbocycles. The van der Waals surface area contributed by atoms with Gasteiger partial charge in [0, 0.05) is 16.6 Å². The molecule has 0 saturated carbocycles. The lowest BCUT2D eigenvalue weighted by molar-refractivity contribution is -0.118. The van der Waals surface area contributed by atoms with Crippen molar-refractivity contribution >= 4 is 22.9 Å². The largest absolute Gasteiger partial charge is 0.308 e. The Balaban J connectivity index is 1.54. The number of nitrogens with zero attached hydrogens (tertiary/aromatic N) is 2. The lowest BCUT2D eigenvalue weighted by atomic mass is 10.1. The van der Waals surface area contributed by atoms with E-state index in [1.54, 1.807) is 11.3 Å². The zero-order chi connectivity index (χ0) is 20.1. The van der Waals surface area contributed by atoms with Gasteiger partial charge >= 0.3 is 0 Å². The third kappa shape index (κ3) is 4.79. The maximum atomic E-state index is 13.2. The SMILES string of the molecule is Cc1ccc(-c2nc(CC(=O)N(Cc3ccccc3)c3ccccc3)cs2)cc1. The summed E-state index contributed by atoms with van der Waals surface area (Å²) in [5.41, 5.74) is 5.12. The van der Waals surface area contributed by atoms with E-state index in [2.05, 4.69) is 31.2 Å². The van der Waals surface area contributed by atoms with Crippen molar-refractivity contribution in [1.82, 2.24) is 4.98 Å². The maximum absolute atomic E-state index is 13.2. The number of rotatable bonds is 6. The summed E-state index contributed by atoms with van der Waals surface area (Å²) < 4.78 is 0. The van der Waals surface area contributed by atoms with Crippen LogP contribution in [-0.4, -0.2) is 10.9 Å². The van der Waals surface area contributed by atoms with Crippen LogP contribution in [0.3, 0.4) is 0 Å². The molecule has 0 bridgehead atoms. The molecule has 0 spiro atoms. The molecule has 0 atom stereocenters. The predicted molar refractivity (Wildman–Crippen MR) is 120 cm³/mol. The van der Waals surface area contributed by atoms with Gasteiger partial charge in [0.25, 0.3) is 0 Å². The normalized spacial score (nSPS) is 10.7. The fourth-order valence-electron chi connectivity index (χ4n) is 3.16. The van der Waals surface area contributed by atoms with Crippen LogP contribution in [0, 0.1) is 6.92 Å². The summed E-state index contributed by atoms with van der Waals surface area (Å²) in [5.74, 6) is 0.0424. The third-order valence-corrected chi connectivity index (χ3v) is 5.68. The highest BCUT2D eigenvalue weighted by Gasteiger charge is 2.18. The summed E-state index contributed by atoms with van der Waals surface area (Å²) >= 11 is 1.58. The van der Waals surface area contributed by atoms with Gasteiger partial charge in [-0.15, -0.1) is 11.3 Å². The Hall–Kier alpha value is -3.24. The number of anilines is 1. The summed E-state index contributed by atoms with van der Waals surface area (Å²) in [7, 11) is 0. The molecule has 0 saturated heterocycles. The second-order valence-corrected chi connectivity index (χ2v) is 7.85. The summed E-state index contributed by atoms with van der Waals surface area (Å²) in [6.07, 6.45) is 0.282. The van der Waals surface area contributed by atoms with Gasteiger partial charge in [-0.05, 0) is 24.6 Å². The minimum absolute atomic E-state index is 0.0424. The van der Waals surface area contributed by atoms with Gasteiger partial charge in [0.1, 0.15) is 5.01 Å². The Labute approximate surface area is 175 Å². The summed E-state index contributed by atoms with van der Waals surface area (Å²) in [6, 6.07) is 28.2. The maximum Gasteiger partial charge on any atom is 0.233 e. The van der Waals surface area contributed by atoms with Crippen molar-refractivity contribution in [2.75, 3.05) is 4.90 Å². The molecular weight excluding hydrogens is 376 g/mol. The third-order valence-electron chi connectivity index (χ3n) is 4.74. The number of benzene rings is 3. The Bertz CT molecular complexity index is 1070. The van der Waals surface area contributed by atoms with E-state index in [1.165, 1.54) is 5.56 Å². The van der Waals surface area contributed by atoms with Crippen LogP contribution in [0.1, 0.15) is 16.8 Å². The molecule has 144 valence electrons. The molecule has 0 aliphatic rings. The Morgan fingerprint density at radius 2 is 1.55 bits per heavy atom. The number of amides is 1. The van der Waals surface area contributed by atoms with E-state index in [9.17, 15) is 4.79 Å². The predicted octanol–water partition coefficient (Wildman–Crippen LogP) is 5.89. The van der Waals surface area contributed by atoms with Crippen molar-refractivity contribution in [3.05, 3.63) is 107 Å². The second-order valence-electron chi connectivity index (χ2n) is 6.99. The lowest BCUT2D eigenvalue weighted by Crippen LogP contribution is -2.31. The minimum atomic E-state index is 0.0424. The highest BCUT2D eigenvalue weighted by Crippen LogP contribution is 2.25. The van der Waals surface area contributed by atoms with Crippen LogP contribution >= 0.6 is 11.3 Å². The fraction of sp³-hybridized carbons (Fsp3) is 0.120. The van der Waals surface area contributed by atoms with Crippen LogP contribution in [0.15, 0.2) is 90.3 Å². The lowest BCUT2D eigenvalue weighted by Gasteiger charge is -2.23. The van der Waals surface area contributed by atoms with Crippen molar-refractivity contribution in [2.45, 2.75) is 19.9 Å². The summed E-state index contributed by atoms with van der Waals surface area (Å²) in [4.78, 5) is 19.7. The van der Waals surface area contributed by atoms with E-state index >= 15 is 0 Å². The first-order valence-electron chi connectivity index (χ1n) is 9.60. The summed E-state index contributed by atoms with van der Waals surface area (Å²) in [6.45, 7) is 2.61. The first-order chi connectivity index (χ1) is 14.2. The van der Waals surface area contributed by atoms with E-state index in [1.807, 2.05) is 70.9 Å². The van der Waals surface area contributed by atoms with Crippen LogP contribution in [0.2, 0.25) is 0 Å². The van der Waals surface area contributed by atoms with Crippen LogP contribution in [-0.2, 0) is 17.8 Å². The highest BCUT2D eigenvalue weighted by atomic mass is 32.1. The van der Waals surface area contributed by atoms with Gasteiger partial charge in [0.15, 0.2) is 0 Å². The molecule has 4 rings (SSSR count). The number of carbonyl (C=O) groups is 1. The molecule has 0 aliphatic heterocycles. The van der Waals surface area contributed by atoms with Crippen molar-refractivity contribution in [3.63, 3.8) is 0 Å². The number of para-hydroxylation sites is 1. The molecule has 0 radical (unpaired) electrons. The smallest absolute Gasteiger partial charge is 0.233 e. The first kappa shape index (κ1) is 19.1. The van der Waals surface area contributed by atoms with Gasteiger partial charge < -0.3 is 4.90 Å². The monoisotopic (exact) mass is 398 g/mol. The topological polar surface area (TPSA) is 33.2 Å². The number of aryl methyl sites for hydroxylation is 1. The van der Waals surface area contributed by atoms with E-state index in [-0.39, 0.29) is 12.3 Å². The van der Waals surface area contributed by atoms with Crippen molar-refractivity contribution in [3.8, 4) is 10.6 Å². The molecule has 1 aromatic heterocycles. The van der Waals surface area contributed by atoms with E-state index in [0.717, 1.165) is 27.5 Å². The molecule has 3 nitrogen and oxygen atoms in total. The molecule has 4 aromatic rings. The molecule has 1 heterocycles. The Kier molecular flexibility index (Phi) is 5.82. The quantitative estimate of drug-likeness (QED) is 0.405. The van der Waals surface area contributed by atoms with Gasteiger partial charge in [-0.1, -0.05) is 78.4 Å². The van der Waals surface area contributed by atoms with Crippen LogP contribution < -0.4 is 4.90 Å². The van der Waals surface area contributed by atoms with Gasteiger partial charge in [0.05, 0.1) is 18.7 Å². The molecule has 3 aromatic carbocycles. The van der Waals surface area contributed by atoms with E-state index in [0.29, 0.717) is 6.54 Å². The number of hydrogen-bond donors (Lipinski definition) is 0. The summed E-state index contributed by atoms with van der Waals surface area (Å²) in [5, 5.41) is 2.93. The highest BCUT2D eigenvalue weighted by molar-refractivity contribution is 7.13. The zero-order valence-corrected chi connectivity index (χ0v) is 17.1. The van der Waals surface area contributed by atoms with Crippen LogP contribution in [0.4, 0.5) is 5.69 Å². The molecule has 0 fully saturated rings. The molecule has 29 heavy (non-hydrogen) atoms. The Morgan fingerprint density at radius 3 is 2.24 bits per heavy atom. The molecule has 0 N–H and O–H groups in total. The van der Waals surface area contributed by atoms with Gasteiger partial charge in [-0.25, -0.2) is 4.98 Å². The van der Waals surface area contributed by atoms with Crippen molar-refractivity contribution < 1.29 is 4.79 Å². The average molecular weight is 399 g/mol. The average Bonchev–Trinajstić information content (AvgIpc) is 3.22. The van der Waals surface area contributed by atoms with E-state index < -0.39 is 0 Å². The number of carbonyl (C=O) groups excluding carboxylic acids is 1. The van der Waals surface area contributed by atoms with Crippen LogP contribution in [0.25, 0.3) is 10.6 Å². The van der Waals surface area contributed by atoms with Crippen LogP contribution in [0.5, 0.6) is 0 Å². The number of thiazole rings is 1.